The van der Waals surface area contributed by atoms with Gasteiger partial charge in [0.2, 0.25) is 5.91 Å². The van der Waals surface area contributed by atoms with Gasteiger partial charge in [0.15, 0.2) is 0 Å². The first-order chi connectivity index (χ1) is 10.2. The fraction of sp³-hybridized carbons (Fsp3) is 0.438. The highest BCUT2D eigenvalue weighted by atomic mass is 19.1. The molecule has 0 spiro atoms. The molecule has 0 bridgehead atoms. The van der Waals surface area contributed by atoms with Crippen LogP contribution < -0.4 is 10.1 Å². The van der Waals surface area contributed by atoms with E-state index in [-0.39, 0.29) is 19.1 Å². The van der Waals surface area contributed by atoms with Crippen LogP contribution in [0.25, 0.3) is 0 Å². The van der Waals surface area contributed by atoms with Crippen LogP contribution >= 0.6 is 0 Å². The van der Waals surface area contributed by atoms with Crippen LogP contribution in [0.15, 0.2) is 18.2 Å². The molecule has 1 aromatic rings. The average Bonchev–Trinajstić information content (AvgIpc) is 2.52. The number of terminal acetylenes is 1. The van der Waals surface area contributed by atoms with Crippen molar-refractivity contribution in [3.8, 4) is 18.1 Å². The zero-order valence-corrected chi connectivity index (χ0v) is 11.9. The van der Waals surface area contributed by atoms with Gasteiger partial charge < -0.3 is 15.0 Å². The quantitative estimate of drug-likeness (QED) is 0.846. The second-order valence-electron chi connectivity index (χ2n) is 4.93. The molecule has 2 rings (SSSR count). The summed E-state index contributed by atoms with van der Waals surface area (Å²) in [5.74, 6) is 2.42. The maximum Gasteiger partial charge on any atom is 0.241 e. The van der Waals surface area contributed by atoms with Gasteiger partial charge in [0.25, 0.3) is 0 Å². The highest BCUT2D eigenvalue weighted by Crippen LogP contribution is 2.25. The number of benzene rings is 1. The predicted octanol–water partition coefficient (Wildman–Crippen LogP) is 2.26. The first-order valence-electron chi connectivity index (χ1n) is 7.08. The number of nitrogens with one attached hydrogen (secondary N) is 1. The van der Waals surface area contributed by atoms with E-state index in [2.05, 4.69) is 11.2 Å². The minimum absolute atomic E-state index is 0.0156. The molecule has 1 aliphatic heterocycles. The van der Waals surface area contributed by atoms with Crippen molar-refractivity contribution < 1.29 is 13.9 Å². The van der Waals surface area contributed by atoms with Crippen molar-refractivity contribution >= 4 is 11.6 Å². The van der Waals surface area contributed by atoms with Crippen LogP contribution in [0.5, 0.6) is 5.75 Å². The summed E-state index contributed by atoms with van der Waals surface area (Å²) < 4.78 is 18.6. The molecule has 1 amide bonds. The van der Waals surface area contributed by atoms with Gasteiger partial charge in [-0.05, 0) is 31.4 Å². The summed E-state index contributed by atoms with van der Waals surface area (Å²) in [5, 5.41) is 2.94. The number of amides is 1. The van der Waals surface area contributed by atoms with Crippen LogP contribution in [0, 0.1) is 18.2 Å². The van der Waals surface area contributed by atoms with Crippen molar-refractivity contribution in [3.05, 3.63) is 24.0 Å². The first kappa shape index (κ1) is 15.2. The summed E-state index contributed by atoms with van der Waals surface area (Å²) in [6.07, 6.45) is 8.41. The molecular weight excluding hydrogens is 271 g/mol. The third-order valence-corrected chi connectivity index (χ3v) is 3.39. The number of likely N-dealkylation sites (tertiary alicyclic amines) is 1. The van der Waals surface area contributed by atoms with Gasteiger partial charge in [-0.1, -0.05) is 5.92 Å². The molecule has 0 aliphatic carbocycles. The summed E-state index contributed by atoms with van der Waals surface area (Å²) in [7, 11) is 0. The maximum atomic E-state index is 13.3. The number of anilines is 1. The van der Waals surface area contributed by atoms with E-state index in [0.29, 0.717) is 11.4 Å². The third kappa shape index (κ3) is 4.38. The van der Waals surface area contributed by atoms with Gasteiger partial charge in [0.1, 0.15) is 18.2 Å². The van der Waals surface area contributed by atoms with E-state index in [1.165, 1.54) is 24.6 Å². The highest BCUT2D eigenvalue weighted by Gasteiger charge is 2.16. The molecule has 1 N–H and O–H groups in total. The molecule has 0 radical (unpaired) electrons. The zero-order chi connectivity index (χ0) is 15.1. The largest absolute Gasteiger partial charge is 0.479 e. The predicted molar refractivity (Wildman–Crippen MR) is 79.6 cm³/mol. The molecule has 1 fully saturated rings. The van der Waals surface area contributed by atoms with Gasteiger partial charge in [-0.3, -0.25) is 4.79 Å². The van der Waals surface area contributed by atoms with Crippen molar-refractivity contribution in [1.82, 2.24) is 4.90 Å². The summed E-state index contributed by atoms with van der Waals surface area (Å²) in [5.41, 5.74) is 0.440. The third-order valence-electron chi connectivity index (χ3n) is 3.39. The summed E-state index contributed by atoms with van der Waals surface area (Å²) in [6.45, 7) is 1.81. The molecule has 112 valence electrons. The van der Waals surface area contributed by atoms with E-state index >= 15 is 0 Å². The van der Waals surface area contributed by atoms with Crippen LogP contribution in [0.4, 0.5) is 10.1 Å². The standard InChI is InChI=1S/C16H19FN2O2/c1-2-10-21-15-7-6-13(17)11-14(15)18-12-16(20)19-8-4-3-5-9-19/h1,6-7,11,18H,3-5,8-10,12H2. The molecule has 0 unspecified atom stereocenters. The monoisotopic (exact) mass is 290 g/mol. The first-order valence-corrected chi connectivity index (χ1v) is 7.08. The number of hydrogen-bond donors (Lipinski definition) is 1. The topological polar surface area (TPSA) is 41.6 Å². The van der Waals surface area contributed by atoms with E-state index < -0.39 is 5.82 Å². The van der Waals surface area contributed by atoms with E-state index in [0.717, 1.165) is 25.9 Å². The number of ether oxygens (including phenoxy) is 1. The van der Waals surface area contributed by atoms with Gasteiger partial charge in [0, 0.05) is 19.2 Å². The van der Waals surface area contributed by atoms with Crippen molar-refractivity contribution in [2.75, 3.05) is 31.6 Å². The minimum Gasteiger partial charge on any atom is -0.479 e. The molecule has 0 saturated carbocycles. The highest BCUT2D eigenvalue weighted by molar-refractivity contribution is 5.81. The lowest BCUT2D eigenvalue weighted by Crippen LogP contribution is -2.39. The fourth-order valence-electron chi connectivity index (χ4n) is 2.31. The molecular formula is C16H19FN2O2. The molecule has 4 nitrogen and oxygen atoms in total. The molecule has 1 saturated heterocycles. The van der Waals surface area contributed by atoms with Crippen LogP contribution in [0.1, 0.15) is 19.3 Å². The van der Waals surface area contributed by atoms with Crippen LogP contribution in [-0.2, 0) is 4.79 Å². The number of carbonyl (C=O) groups excluding carboxylic acids is 1. The van der Waals surface area contributed by atoms with Gasteiger partial charge in [-0.2, -0.15) is 0 Å². The summed E-state index contributed by atoms with van der Waals surface area (Å²) in [4.78, 5) is 13.9. The molecule has 1 aromatic carbocycles. The van der Waals surface area contributed by atoms with Crippen LogP contribution in [0.3, 0.4) is 0 Å². The second kappa shape index (κ2) is 7.53. The Morgan fingerprint density at radius 3 is 2.86 bits per heavy atom. The van der Waals surface area contributed by atoms with Crippen LogP contribution in [0.2, 0.25) is 0 Å². The Hall–Kier alpha value is -2.22. The van der Waals surface area contributed by atoms with Crippen molar-refractivity contribution in [1.29, 1.82) is 0 Å². The summed E-state index contributed by atoms with van der Waals surface area (Å²) in [6, 6.07) is 4.10. The Kier molecular flexibility index (Phi) is 5.44. The number of rotatable bonds is 5. The molecule has 0 atom stereocenters. The molecule has 1 aliphatic rings. The Labute approximate surface area is 124 Å². The Balaban J connectivity index is 1.96. The number of nitrogens with zero attached hydrogens (tertiary/aromatic N) is 1. The normalized spacial score (nSPS) is 14.4. The SMILES string of the molecule is C#CCOc1ccc(F)cc1NCC(=O)N1CCCCC1. The number of carbonyl (C=O) groups is 1. The average molecular weight is 290 g/mol. The Morgan fingerprint density at radius 1 is 1.38 bits per heavy atom. The molecule has 0 aromatic heterocycles. The number of piperidine rings is 1. The van der Waals surface area contributed by atoms with Crippen molar-refractivity contribution in [2.45, 2.75) is 19.3 Å². The lowest BCUT2D eigenvalue weighted by atomic mass is 10.1. The lowest BCUT2D eigenvalue weighted by molar-refractivity contribution is -0.130. The molecule has 5 heteroatoms. The Bertz CT molecular complexity index is 534. The number of hydrogen-bond acceptors (Lipinski definition) is 3. The molecule has 1 heterocycles. The Morgan fingerprint density at radius 2 is 2.14 bits per heavy atom. The molecule has 21 heavy (non-hydrogen) atoms. The minimum atomic E-state index is -0.393. The van der Waals surface area contributed by atoms with Crippen LogP contribution in [-0.4, -0.2) is 37.0 Å². The van der Waals surface area contributed by atoms with E-state index in [4.69, 9.17) is 11.2 Å². The zero-order valence-electron chi connectivity index (χ0n) is 11.9. The second-order valence-corrected chi connectivity index (χ2v) is 4.93. The number of halogens is 1. The fourth-order valence-corrected chi connectivity index (χ4v) is 2.31. The summed E-state index contributed by atoms with van der Waals surface area (Å²) >= 11 is 0. The lowest BCUT2D eigenvalue weighted by Gasteiger charge is -2.27. The van der Waals surface area contributed by atoms with E-state index in [9.17, 15) is 9.18 Å². The van der Waals surface area contributed by atoms with Gasteiger partial charge in [-0.25, -0.2) is 4.39 Å². The van der Waals surface area contributed by atoms with Gasteiger partial charge in [-0.15, -0.1) is 6.42 Å². The van der Waals surface area contributed by atoms with Gasteiger partial charge in [0.05, 0.1) is 12.2 Å². The smallest absolute Gasteiger partial charge is 0.241 e. The van der Waals surface area contributed by atoms with Gasteiger partial charge >= 0.3 is 0 Å². The van der Waals surface area contributed by atoms with E-state index in [1.807, 2.05) is 4.90 Å². The maximum absolute atomic E-state index is 13.3. The van der Waals surface area contributed by atoms with E-state index in [1.54, 1.807) is 0 Å². The van der Waals surface area contributed by atoms with Crippen molar-refractivity contribution in [3.63, 3.8) is 0 Å². The van der Waals surface area contributed by atoms with Crippen molar-refractivity contribution in [2.24, 2.45) is 0 Å².